The molecule has 2 N–H and O–H groups in total. The summed E-state index contributed by atoms with van der Waals surface area (Å²) in [5.74, 6) is 0.876. The fourth-order valence-corrected chi connectivity index (χ4v) is 1.99. The monoisotopic (exact) mass is 227 g/mol. The van der Waals surface area contributed by atoms with Gasteiger partial charge in [-0.2, -0.15) is 0 Å². The Kier molecular flexibility index (Phi) is 3.45. The minimum absolute atomic E-state index is 0.579. The van der Waals surface area contributed by atoms with Gasteiger partial charge in [0.15, 0.2) is 0 Å². The van der Waals surface area contributed by atoms with Crippen molar-refractivity contribution in [2.24, 2.45) is 5.73 Å². The Morgan fingerprint density at radius 2 is 1.76 bits per heavy atom. The third-order valence-electron chi connectivity index (χ3n) is 3.07. The van der Waals surface area contributed by atoms with Gasteiger partial charge in [-0.3, -0.25) is 0 Å². The van der Waals surface area contributed by atoms with E-state index < -0.39 is 0 Å². The summed E-state index contributed by atoms with van der Waals surface area (Å²) in [4.78, 5) is 0. The first-order chi connectivity index (χ1) is 8.26. The van der Waals surface area contributed by atoms with Gasteiger partial charge < -0.3 is 10.5 Å². The lowest BCUT2D eigenvalue weighted by Crippen LogP contribution is -1.99. The lowest BCUT2D eigenvalue weighted by Gasteiger charge is -2.10. The molecule has 0 aliphatic heterocycles. The molecule has 0 atom stereocenters. The normalized spacial score (nSPS) is 10.3. The molecule has 0 unspecified atom stereocenters. The first-order valence-electron chi connectivity index (χ1n) is 5.69. The van der Waals surface area contributed by atoms with E-state index in [-0.39, 0.29) is 0 Å². The van der Waals surface area contributed by atoms with Gasteiger partial charge in [-0.25, -0.2) is 0 Å². The zero-order valence-electron chi connectivity index (χ0n) is 10.2. The van der Waals surface area contributed by atoms with Crippen molar-refractivity contribution in [2.45, 2.75) is 13.5 Å². The van der Waals surface area contributed by atoms with Crippen LogP contribution in [0.15, 0.2) is 42.5 Å². The molecule has 2 nitrogen and oxygen atoms in total. The molecule has 2 aromatic rings. The summed E-state index contributed by atoms with van der Waals surface area (Å²) in [5, 5.41) is 0. The third-order valence-corrected chi connectivity index (χ3v) is 3.07. The van der Waals surface area contributed by atoms with Gasteiger partial charge in [-0.1, -0.05) is 30.3 Å². The topological polar surface area (TPSA) is 35.2 Å². The Bertz CT molecular complexity index is 503. The van der Waals surface area contributed by atoms with Gasteiger partial charge in [0.05, 0.1) is 7.11 Å². The number of methoxy groups -OCH3 is 1. The van der Waals surface area contributed by atoms with E-state index in [1.807, 2.05) is 12.1 Å². The third kappa shape index (κ3) is 2.32. The molecule has 0 aromatic heterocycles. The predicted molar refractivity (Wildman–Crippen MR) is 71.1 cm³/mol. The van der Waals surface area contributed by atoms with Gasteiger partial charge in [0.1, 0.15) is 5.75 Å². The molecule has 0 fully saturated rings. The van der Waals surface area contributed by atoms with Gasteiger partial charge in [-0.15, -0.1) is 0 Å². The molecule has 2 heteroatoms. The van der Waals surface area contributed by atoms with Crippen molar-refractivity contribution in [3.05, 3.63) is 53.6 Å². The molecule has 0 saturated carbocycles. The Labute approximate surface area is 102 Å². The second-order valence-corrected chi connectivity index (χ2v) is 4.02. The van der Waals surface area contributed by atoms with Gasteiger partial charge in [-0.05, 0) is 41.3 Å². The smallest absolute Gasteiger partial charge is 0.118 e. The van der Waals surface area contributed by atoms with Gasteiger partial charge in [0.25, 0.3) is 0 Å². The number of nitrogens with two attached hydrogens (primary N) is 1. The molecule has 0 heterocycles. The average molecular weight is 227 g/mol. The summed E-state index contributed by atoms with van der Waals surface area (Å²) in [6.07, 6.45) is 0. The first kappa shape index (κ1) is 11.7. The molecule has 0 saturated heterocycles. The maximum Gasteiger partial charge on any atom is 0.118 e. The highest BCUT2D eigenvalue weighted by Gasteiger charge is 2.05. The van der Waals surface area contributed by atoms with Crippen molar-refractivity contribution in [1.29, 1.82) is 0 Å². The summed E-state index contributed by atoms with van der Waals surface area (Å²) in [7, 11) is 1.68. The van der Waals surface area contributed by atoms with Crippen LogP contribution in [0.4, 0.5) is 0 Å². The first-order valence-corrected chi connectivity index (χ1v) is 5.69. The predicted octanol–water partition coefficient (Wildman–Crippen LogP) is 3.13. The summed E-state index contributed by atoms with van der Waals surface area (Å²) in [6.45, 7) is 2.69. The summed E-state index contributed by atoms with van der Waals surface area (Å²) in [6, 6.07) is 14.3. The van der Waals surface area contributed by atoms with Crippen LogP contribution >= 0.6 is 0 Å². The highest BCUT2D eigenvalue weighted by molar-refractivity contribution is 5.69. The molecule has 17 heavy (non-hydrogen) atoms. The maximum atomic E-state index is 5.72. The van der Waals surface area contributed by atoms with Gasteiger partial charge >= 0.3 is 0 Å². The van der Waals surface area contributed by atoms with Crippen LogP contribution in [0.2, 0.25) is 0 Å². The van der Waals surface area contributed by atoms with Gasteiger partial charge in [0, 0.05) is 6.54 Å². The van der Waals surface area contributed by atoms with E-state index in [1.165, 1.54) is 22.3 Å². The van der Waals surface area contributed by atoms with E-state index in [4.69, 9.17) is 10.5 Å². The molecule has 0 amide bonds. The van der Waals surface area contributed by atoms with E-state index >= 15 is 0 Å². The Balaban J connectivity index is 2.45. The minimum atomic E-state index is 0.579. The fraction of sp³-hybridized carbons (Fsp3) is 0.200. The van der Waals surface area contributed by atoms with E-state index in [1.54, 1.807) is 7.11 Å². The molecule has 2 rings (SSSR count). The van der Waals surface area contributed by atoms with Crippen molar-refractivity contribution in [2.75, 3.05) is 7.11 Å². The Morgan fingerprint density at radius 1 is 1.06 bits per heavy atom. The van der Waals surface area contributed by atoms with Crippen LogP contribution in [0.5, 0.6) is 5.75 Å². The van der Waals surface area contributed by atoms with Crippen LogP contribution in [-0.2, 0) is 6.54 Å². The van der Waals surface area contributed by atoms with Crippen LogP contribution in [0.3, 0.4) is 0 Å². The Hall–Kier alpha value is -1.80. The number of rotatable bonds is 3. The summed E-state index contributed by atoms with van der Waals surface area (Å²) < 4.78 is 5.16. The highest BCUT2D eigenvalue weighted by Crippen LogP contribution is 2.27. The van der Waals surface area contributed by atoms with Crippen LogP contribution in [-0.4, -0.2) is 7.11 Å². The lowest BCUT2D eigenvalue weighted by atomic mass is 9.96. The second-order valence-electron chi connectivity index (χ2n) is 4.02. The van der Waals surface area contributed by atoms with E-state index in [0.717, 1.165) is 5.75 Å². The molecule has 0 aliphatic carbocycles. The highest BCUT2D eigenvalue weighted by atomic mass is 16.5. The summed E-state index contributed by atoms with van der Waals surface area (Å²) >= 11 is 0. The second kappa shape index (κ2) is 5.02. The standard InChI is InChI=1S/C15H17NO/c1-11-13(10-16)4-3-5-15(11)12-6-8-14(17-2)9-7-12/h3-9H,10,16H2,1-2H3. The average Bonchev–Trinajstić information content (AvgIpc) is 2.39. The maximum absolute atomic E-state index is 5.72. The van der Waals surface area contributed by atoms with E-state index in [0.29, 0.717) is 6.54 Å². The van der Waals surface area contributed by atoms with Crippen molar-refractivity contribution < 1.29 is 4.74 Å². The fourth-order valence-electron chi connectivity index (χ4n) is 1.99. The number of hydrogen-bond acceptors (Lipinski definition) is 2. The quantitative estimate of drug-likeness (QED) is 0.874. The zero-order chi connectivity index (χ0) is 12.3. The molecular weight excluding hydrogens is 210 g/mol. The van der Waals surface area contributed by atoms with Crippen LogP contribution in [0.25, 0.3) is 11.1 Å². The van der Waals surface area contributed by atoms with Crippen LogP contribution in [0.1, 0.15) is 11.1 Å². The van der Waals surface area contributed by atoms with Gasteiger partial charge in [0.2, 0.25) is 0 Å². The van der Waals surface area contributed by atoms with Crippen molar-refractivity contribution in [3.63, 3.8) is 0 Å². The SMILES string of the molecule is COc1ccc(-c2cccc(CN)c2C)cc1. The van der Waals surface area contributed by atoms with Crippen molar-refractivity contribution in [1.82, 2.24) is 0 Å². The van der Waals surface area contributed by atoms with Crippen LogP contribution < -0.4 is 10.5 Å². The largest absolute Gasteiger partial charge is 0.497 e. The molecule has 0 aliphatic rings. The molecule has 0 bridgehead atoms. The summed E-state index contributed by atoms with van der Waals surface area (Å²) in [5.41, 5.74) is 10.6. The zero-order valence-corrected chi connectivity index (χ0v) is 10.2. The van der Waals surface area contributed by atoms with Crippen LogP contribution in [0, 0.1) is 6.92 Å². The Morgan fingerprint density at radius 3 is 2.35 bits per heavy atom. The van der Waals surface area contributed by atoms with Crippen molar-refractivity contribution >= 4 is 0 Å². The number of hydrogen-bond donors (Lipinski definition) is 1. The number of ether oxygens (including phenoxy) is 1. The molecule has 88 valence electrons. The molecular formula is C15H17NO. The van der Waals surface area contributed by atoms with E-state index in [2.05, 4.69) is 37.3 Å². The minimum Gasteiger partial charge on any atom is -0.497 e. The molecule has 2 aromatic carbocycles. The number of benzene rings is 2. The molecule has 0 spiro atoms. The van der Waals surface area contributed by atoms with E-state index in [9.17, 15) is 0 Å². The van der Waals surface area contributed by atoms with Crippen molar-refractivity contribution in [3.8, 4) is 16.9 Å². The lowest BCUT2D eigenvalue weighted by molar-refractivity contribution is 0.415. The molecule has 0 radical (unpaired) electrons.